The van der Waals surface area contributed by atoms with Crippen LogP contribution in [0.3, 0.4) is 0 Å². The standard InChI is InChI=1S/C29H25ClN2O7S2/c1-38-18-8-13(5-6-17(18)39-11-12-3-2-4-14(30)7-12)20-21-15-9-16(24(21)40-26-25(20)41-29(37)31-26)23-22(15)27(35)32(28(23)36)10-19(33)34/h2-8,15-16,20-24H,9-11H2,1H3,(H,31,37)(H,33,34)/t15?,16?,20-,21?,22?,23?,24?/m1/s1. The summed E-state index contributed by atoms with van der Waals surface area (Å²) in [4.78, 5) is 55.2. The number of carbonyl (C=O) groups is 3. The maximum absolute atomic E-state index is 13.4. The number of aromatic amines is 1. The van der Waals surface area contributed by atoms with Crippen molar-refractivity contribution < 1.29 is 29.0 Å². The second-order valence-corrected chi connectivity index (χ2v) is 13.6. The van der Waals surface area contributed by atoms with Crippen molar-refractivity contribution in [2.45, 2.75) is 29.2 Å². The van der Waals surface area contributed by atoms with Gasteiger partial charge in [0.1, 0.15) is 13.2 Å². The van der Waals surface area contributed by atoms with Crippen LogP contribution in [0, 0.1) is 29.6 Å². The number of ether oxygens (including phenoxy) is 2. The average molecular weight is 613 g/mol. The number of benzene rings is 2. The van der Waals surface area contributed by atoms with Crippen LogP contribution >= 0.6 is 34.7 Å². The fourth-order valence-corrected chi connectivity index (χ4v) is 10.6. The average Bonchev–Trinajstić information content (AvgIpc) is 3.67. The van der Waals surface area contributed by atoms with Crippen LogP contribution in [0.1, 0.15) is 28.3 Å². The number of amides is 2. The van der Waals surface area contributed by atoms with E-state index < -0.39 is 24.3 Å². The van der Waals surface area contributed by atoms with E-state index in [4.69, 9.17) is 21.1 Å². The Bertz CT molecular complexity index is 1650. The molecule has 1 saturated heterocycles. The van der Waals surface area contributed by atoms with E-state index in [0.29, 0.717) is 23.1 Å². The molecule has 7 rings (SSSR count). The van der Waals surface area contributed by atoms with E-state index in [1.165, 1.54) is 11.3 Å². The highest BCUT2D eigenvalue weighted by molar-refractivity contribution is 8.00. The van der Waals surface area contributed by atoms with E-state index in [2.05, 4.69) is 4.98 Å². The summed E-state index contributed by atoms with van der Waals surface area (Å²) >= 11 is 8.87. The number of thioether (sulfide) groups is 1. The minimum atomic E-state index is -1.20. The maximum atomic E-state index is 13.4. The third-order valence-electron chi connectivity index (χ3n) is 8.94. The molecule has 0 spiro atoms. The number of rotatable bonds is 7. The molecule has 12 heteroatoms. The fourth-order valence-electron chi connectivity index (χ4n) is 7.53. The van der Waals surface area contributed by atoms with Crippen molar-refractivity contribution in [3.8, 4) is 11.5 Å². The number of carboxylic acids is 1. The maximum Gasteiger partial charge on any atom is 0.323 e. The van der Waals surface area contributed by atoms with Gasteiger partial charge in [-0.25, -0.2) is 0 Å². The normalized spacial score (nSPS) is 29.3. The topological polar surface area (TPSA) is 126 Å². The summed E-state index contributed by atoms with van der Waals surface area (Å²) in [6.45, 7) is -0.301. The van der Waals surface area contributed by atoms with Crippen LogP contribution in [0.2, 0.25) is 5.02 Å². The lowest BCUT2D eigenvalue weighted by Crippen LogP contribution is -2.42. The van der Waals surface area contributed by atoms with Gasteiger partial charge in [0.2, 0.25) is 11.8 Å². The summed E-state index contributed by atoms with van der Waals surface area (Å²) in [7, 11) is 1.58. The molecule has 3 aromatic rings. The van der Waals surface area contributed by atoms with Crippen LogP contribution in [-0.4, -0.2) is 51.7 Å². The Balaban J connectivity index is 1.24. The van der Waals surface area contributed by atoms with E-state index in [-0.39, 0.29) is 45.6 Å². The third-order valence-corrected chi connectivity index (χ3v) is 11.8. The Morgan fingerprint density at radius 3 is 2.61 bits per heavy atom. The van der Waals surface area contributed by atoms with Crippen molar-refractivity contribution in [1.82, 2.24) is 9.88 Å². The van der Waals surface area contributed by atoms with Crippen LogP contribution < -0.4 is 14.3 Å². The molecular weight excluding hydrogens is 588 g/mol. The van der Waals surface area contributed by atoms with Gasteiger partial charge in [-0.1, -0.05) is 41.1 Å². The number of H-pyrrole nitrogens is 1. The number of imide groups is 1. The number of hydrogen-bond donors (Lipinski definition) is 2. The van der Waals surface area contributed by atoms with Crippen LogP contribution in [0.5, 0.6) is 11.5 Å². The Hall–Kier alpha value is -3.28. The molecule has 2 saturated carbocycles. The van der Waals surface area contributed by atoms with Gasteiger partial charge in [0, 0.05) is 21.1 Å². The zero-order chi connectivity index (χ0) is 28.6. The number of thiazole rings is 1. The molecule has 2 aromatic carbocycles. The summed E-state index contributed by atoms with van der Waals surface area (Å²) in [6.07, 6.45) is 0.726. The van der Waals surface area contributed by atoms with Gasteiger partial charge in [0.15, 0.2) is 11.5 Å². The minimum absolute atomic E-state index is 0.00494. The lowest BCUT2D eigenvalue weighted by molar-refractivity contribution is -0.149. The van der Waals surface area contributed by atoms with Gasteiger partial charge in [-0.15, -0.1) is 11.8 Å². The number of fused-ring (bicyclic) bond motifs is 9. The molecule has 2 N–H and O–H groups in total. The second kappa shape index (κ2) is 9.92. The van der Waals surface area contributed by atoms with E-state index in [1.807, 2.05) is 36.4 Å². The predicted octanol–water partition coefficient (Wildman–Crippen LogP) is 4.24. The van der Waals surface area contributed by atoms with Gasteiger partial charge in [-0.05, 0) is 59.6 Å². The predicted molar refractivity (Wildman–Crippen MR) is 152 cm³/mol. The first-order chi connectivity index (χ1) is 19.7. The van der Waals surface area contributed by atoms with Gasteiger partial charge >= 0.3 is 10.8 Å². The molecule has 41 heavy (non-hydrogen) atoms. The summed E-state index contributed by atoms with van der Waals surface area (Å²) in [6, 6.07) is 13.2. The first-order valence-corrected chi connectivity index (χ1v) is 15.3. The number of nitrogens with one attached hydrogen (secondary N) is 1. The van der Waals surface area contributed by atoms with Crippen molar-refractivity contribution in [2.24, 2.45) is 29.6 Å². The summed E-state index contributed by atoms with van der Waals surface area (Å²) in [5.74, 6) is -2.26. The number of aliphatic carboxylic acids is 1. The smallest absolute Gasteiger partial charge is 0.323 e. The lowest BCUT2D eigenvalue weighted by Gasteiger charge is -2.43. The molecule has 2 bridgehead atoms. The second-order valence-electron chi connectivity index (χ2n) is 10.9. The molecule has 6 unspecified atom stereocenters. The highest BCUT2D eigenvalue weighted by Gasteiger charge is 2.69. The molecular formula is C29H25ClN2O7S2. The zero-order valence-corrected chi connectivity index (χ0v) is 24.1. The zero-order valence-electron chi connectivity index (χ0n) is 21.7. The number of methoxy groups -OCH3 is 1. The van der Waals surface area contributed by atoms with E-state index >= 15 is 0 Å². The summed E-state index contributed by atoms with van der Waals surface area (Å²) in [5, 5.41) is 10.7. The van der Waals surface area contributed by atoms with E-state index in [0.717, 1.165) is 32.4 Å². The monoisotopic (exact) mass is 612 g/mol. The Labute approximate surface area is 247 Å². The molecule has 212 valence electrons. The van der Waals surface area contributed by atoms with Crippen molar-refractivity contribution >= 4 is 52.5 Å². The van der Waals surface area contributed by atoms with Crippen LogP contribution in [0.25, 0.3) is 0 Å². The highest BCUT2D eigenvalue weighted by Crippen LogP contribution is 2.68. The quantitative estimate of drug-likeness (QED) is 0.380. The lowest BCUT2D eigenvalue weighted by atomic mass is 9.68. The third kappa shape index (κ3) is 4.20. The largest absolute Gasteiger partial charge is 0.493 e. The molecule has 0 radical (unpaired) electrons. The fraction of sp³-hybridized carbons (Fsp3) is 0.379. The van der Waals surface area contributed by atoms with E-state index in [9.17, 15) is 24.3 Å². The SMILES string of the molecule is COc1cc([C@H]2c3sc(=O)[nH]c3SC3C4CC(C5C(=O)N(CC(=O)O)C(=O)C45)C32)ccc1OCc1cccc(Cl)c1. The van der Waals surface area contributed by atoms with Crippen molar-refractivity contribution in [3.63, 3.8) is 0 Å². The van der Waals surface area contributed by atoms with Gasteiger partial charge < -0.3 is 19.6 Å². The number of aromatic nitrogens is 1. The summed E-state index contributed by atoms with van der Waals surface area (Å²) in [5.41, 5.74) is 1.86. The van der Waals surface area contributed by atoms with Crippen molar-refractivity contribution in [3.05, 3.63) is 73.2 Å². The van der Waals surface area contributed by atoms with Crippen LogP contribution in [0.15, 0.2) is 52.3 Å². The molecule has 2 aliphatic heterocycles. The van der Waals surface area contributed by atoms with Crippen molar-refractivity contribution in [1.29, 1.82) is 0 Å². The molecule has 2 aliphatic carbocycles. The number of carbonyl (C=O) groups excluding carboxylic acids is 2. The highest BCUT2D eigenvalue weighted by atomic mass is 35.5. The van der Waals surface area contributed by atoms with Gasteiger partial charge in [-0.2, -0.15) is 0 Å². The number of hydrogen-bond acceptors (Lipinski definition) is 8. The van der Waals surface area contributed by atoms with Crippen molar-refractivity contribution in [2.75, 3.05) is 13.7 Å². The molecule has 3 heterocycles. The first-order valence-electron chi connectivity index (χ1n) is 13.3. The van der Waals surface area contributed by atoms with Gasteiger partial charge in [-0.3, -0.25) is 24.1 Å². The molecule has 2 amide bonds. The Morgan fingerprint density at radius 2 is 1.88 bits per heavy atom. The van der Waals surface area contributed by atoms with Crippen LogP contribution in [-0.2, 0) is 21.0 Å². The van der Waals surface area contributed by atoms with Gasteiger partial charge in [0.05, 0.1) is 24.0 Å². The number of carboxylic acid groups (broad SMARTS) is 1. The first kappa shape index (κ1) is 26.6. The summed E-state index contributed by atoms with van der Waals surface area (Å²) < 4.78 is 11.8. The van der Waals surface area contributed by atoms with Gasteiger partial charge in [0.25, 0.3) is 0 Å². The number of halogens is 1. The van der Waals surface area contributed by atoms with E-state index in [1.54, 1.807) is 24.9 Å². The molecule has 9 nitrogen and oxygen atoms in total. The number of likely N-dealkylation sites (tertiary alicyclic amines) is 1. The molecule has 3 fully saturated rings. The molecule has 7 atom stereocenters. The Morgan fingerprint density at radius 1 is 1.10 bits per heavy atom. The minimum Gasteiger partial charge on any atom is -0.493 e. The van der Waals surface area contributed by atoms with Crippen LogP contribution in [0.4, 0.5) is 0 Å². The Kier molecular flexibility index (Phi) is 6.44. The molecule has 1 aromatic heterocycles. The molecule has 4 aliphatic rings. The number of nitrogens with zero attached hydrogens (tertiary/aromatic N) is 1.